The quantitative estimate of drug-likeness (QED) is 0.168. The van der Waals surface area contributed by atoms with Gasteiger partial charge < -0.3 is 9.30 Å². The maximum absolute atomic E-state index is 6.33. The van der Waals surface area contributed by atoms with Crippen LogP contribution in [0.15, 0.2) is 194 Å². The normalized spacial score (nSPS) is 12.4. The van der Waals surface area contributed by atoms with Crippen molar-refractivity contribution >= 4 is 86.8 Å². The van der Waals surface area contributed by atoms with Gasteiger partial charge in [0.1, 0.15) is 11.5 Å². The highest BCUT2D eigenvalue weighted by Gasteiger charge is 2.25. The SMILES string of the molecule is c1ccc2c(c1)Oc1cccc3nc(-n4c5ccccc5c5ccc(-c6ccc7c(c6)c6ccc8ccccc8c6n7-c6ccc7ccc8ccccc8c7c6)cc54)nc-2c13. The van der Waals surface area contributed by atoms with Gasteiger partial charge in [-0.25, -0.2) is 9.97 Å². The molecule has 0 bridgehead atoms. The Kier molecular flexibility index (Phi) is 6.49. The van der Waals surface area contributed by atoms with E-state index in [2.05, 4.69) is 173 Å². The largest absolute Gasteiger partial charge is 0.456 e. The first-order chi connectivity index (χ1) is 30.2. The summed E-state index contributed by atoms with van der Waals surface area (Å²) in [5.41, 5.74) is 10.6. The van der Waals surface area contributed by atoms with Gasteiger partial charge in [-0.15, -0.1) is 0 Å². The van der Waals surface area contributed by atoms with Crippen molar-refractivity contribution in [3.05, 3.63) is 194 Å². The fourth-order valence-electron chi connectivity index (χ4n) is 10.1. The summed E-state index contributed by atoms with van der Waals surface area (Å²) < 4.78 is 11.0. The third kappa shape index (κ3) is 4.60. The summed E-state index contributed by atoms with van der Waals surface area (Å²) in [7, 11) is 0. The van der Waals surface area contributed by atoms with Crippen molar-refractivity contribution in [1.82, 2.24) is 19.1 Å². The van der Waals surface area contributed by atoms with Crippen LogP contribution in [0.2, 0.25) is 0 Å². The van der Waals surface area contributed by atoms with Crippen LogP contribution in [0.4, 0.5) is 0 Å². The average molecular weight is 777 g/mol. The van der Waals surface area contributed by atoms with Crippen LogP contribution in [0.3, 0.4) is 0 Å². The maximum atomic E-state index is 6.33. The van der Waals surface area contributed by atoms with Gasteiger partial charge in [-0.2, -0.15) is 0 Å². The molecule has 0 saturated heterocycles. The molecule has 5 heteroatoms. The predicted molar refractivity (Wildman–Crippen MR) is 252 cm³/mol. The standard InChI is InChI=1S/C56H32N4O/c1-3-12-39-33(10-1)20-21-35-22-26-38(32-45(35)39)59-49-29-25-36(30-46(49)43-28-23-34-11-2-4-13-40(34)55(43)59)37-24-27-42-41-14-5-7-17-48(41)60(50(42)31-37)56-57-47-16-9-19-52-53(47)54(58-56)44-15-6-8-18-51(44)61-52/h1-32H. The van der Waals surface area contributed by atoms with E-state index >= 15 is 0 Å². The Morgan fingerprint density at radius 2 is 1.03 bits per heavy atom. The maximum Gasteiger partial charge on any atom is 0.235 e. The van der Waals surface area contributed by atoms with Crippen molar-refractivity contribution in [3.63, 3.8) is 0 Å². The number of ether oxygens (including phenoxy) is 1. The lowest BCUT2D eigenvalue weighted by atomic mass is 10.0. The molecule has 5 nitrogen and oxygen atoms in total. The summed E-state index contributed by atoms with van der Waals surface area (Å²) in [5, 5.41) is 13.1. The number of nitrogens with zero attached hydrogens (tertiary/aromatic N) is 4. The monoisotopic (exact) mass is 776 g/mol. The molecule has 0 unspecified atom stereocenters. The molecule has 0 N–H and O–H groups in total. The molecule has 0 radical (unpaired) electrons. The Balaban J connectivity index is 1.00. The number of rotatable bonds is 3. The first-order valence-corrected chi connectivity index (χ1v) is 20.7. The minimum atomic E-state index is 0.633. The number of hydrogen-bond donors (Lipinski definition) is 0. The molecule has 4 heterocycles. The van der Waals surface area contributed by atoms with E-state index < -0.39 is 0 Å². The van der Waals surface area contributed by atoms with E-state index in [0.29, 0.717) is 5.95 Å². The van der Waals surface area contributed by atoms with Gasteiger partial charge in [0.15, 0.2) is 0 Å². The molecule has 61 heavy (non-hydrogen) atoms. The van der Waals surface area contributed by atoms with Crippen molar-refractivity contribution in [2.75, 3.05) is 0 Å². The lowest BCUT2D eigenvalue weighted by Gasteiger charge is -2.21. The van der Waals surface area contributed by atoms with Gasteiger partial charge in [0, 0.05) is 38.2 Å². The Bertz CT molecular complexity index is 4040. The first kappa shape index (κ1) is 32.7. The molecule has 1 aliphatic rings. The number of hydrogen-bond acceptors (Lipinski definition) is 3. The van der Waals surface area contributed by atoms with Crippen molar-refractivity contribution in [2.24, 2.45) is 0 Å². The van der Waals surface area contributed by atoms with Crippen LogP contribution >= 0.6 is 0 Å². The second-order valence-corrected chi connectivity index (χ2v) is 16.1. The number of aromatic nitrogens is 4. The fourth-order valence-corrected chi connectivity index (χ4v) is 10.1. The number of para-hydroxylation sites is 2. The van der Waals surface area contributed by atoms with Gasteiger partial charge in [-0.1, -0.05) is 133 Å². The molecular formula is C56H32N4O. The summed E-state index contributed by atoms with van der Waals surface area (Å²) in [6, 6.07) is 69.9. The van der Waals surface area contributed by atoms with E-state index in [9.17, 15) is 0 Å². The molecule has 0 atom stereocenters. The third-order valence-corrected chi connectivity index (χ3v) is 12.9. The van der Waals surface area contributed by atoms with Gasteiger partial charge in [0.2, 0.25) is 5.95 Å². The summed E-state index contributed by atoms with van der Waals surface area (Å²) in [6.45, 7) is 0. The van der Waals surface area contributed by atoms with Crippen LogP contribution in [0.1, 0.15) is 0 Å². The molecule has 1 aliphatic heterocycles. The lowest BCUT2D eigenvalue weighted by Crippen LogP contribution is -2.06. The second-order valence-electron chi connectivity index (χ2n) is 16.1. The summed E-state index contributed by atoms with van der Waals surface area (Å²) in [6.07, 6.45) is 0. The molecule has 3 aromatic heterocycles. The number of benzene rings is 10. The molecule has 282 valence electrons. The molecule has 13 aromatic rings. The smallest absolute Gasteiger partial charge is 0.235 e. The van der Waals surface area contributed by atoms with Crippen molar-refractivity contribution in [2.45, 2.75) is 0 Å². The van der Waals surface area contributed by atoms with Crippen molar-refractivity contribution in [1.29, 1.82) is 0 Å². The molecule has 0 saturated carbocycles. The van der Waals surface area contributed by atoms with Crippen LogP contribution in [0, 0.1) is 0 Å². The van der Waals surface area contributed by atoms with Crippen LogP contribution < -0.4 is 4.74 Å². The van der Waals surface area contributed by atoms with Gasteiger partial charge in [-0.3, -0.25) is 4.57 Å². The van der Waals surface area contributed by atoms with Gasteiger partial charge in [0.05, 0.1) is 38.7 Å². The topological polar surface area (TPSA) is 44.9 Å². The Morgan fingerprint density at radius 3 is 1.95 bits per heavy atom. The van der Waals surface area contributed by atoms with E-state index in [1.165, 1.54) is 54.1 Å². The average Bonchev–Trinajstić information content (AvgIpc) is 3.84. The van der Waals surface area contributed by atoms with E-state index in [1.807, 2.05) is 30.3 Å². The molecule has 0 fully saturated rings. The van der Waals surface area contributed by atoms with E-state index in [1.54, 1.807) is 0 Å². The minimum Gasteiger partial charge on any atom is -0.456 e. The van der Waals surface area contributed by atoms with Crippen LogP contribution in [-0.4, -0.2) is 19.1 Å². The zero-order chi connectivity index (χ0) is 39.8. The van der Waals surface area contributed by atoms with Crippen LogP contribution in [0.25, 0.3) is 121 Å². The highest BCUT2D eigenvalue weighted by molar-refractivity contribution is 6.20. The molecule has 0 amide bonds. The Labute approximate surface area is 348 Å². The highest BCUT2D eigenvalue weighted by Crippen LogP contribution is 2.46. The number of fused-ring (bicyclic) bond motifs is 13. The zero-order valence-corrected chi connectivity index (χ0v) is 32.7. The van der Waals surface area contributed by atoms with Crippen LogP contribution in [-0.2, 0) is 0 Å². The van der Waals surface area contributed by atoms with Crippen molar-refractivity contribution in [3.8, 4) is 45.5 Å². The van der Waals surface area contributed by atoms with Gasteiger partial charge in [0.25, 0.3) is 0 Å². The summed E-state index contributed by atoms with van der Waals surface area (Å²) >= 11 is 0. The first-order valence-electron chi connectivity index (χ1n) is 20.7. The third-order valence-electron chi connectivity index (χ3n) is 12.9. The predicted octanol–water partition coefficient (Wildman–Crippen LogP) is 14.7. The second kappa shape index (κ2) is 12.1. The summed E-state index contributed by atoms with van der Waals surface area (Å²) in [4.78, 5) is 10.6. The van der Waals surface area contributed by atoms with Crippen LogP contribution in [0.5, 0.6) is 11.5 Å². The fraction of sp³-hybridized carbons (Fsp3) is 0. The van der Waals surface area contributed by atoms with E-state index in [4.69, 9.17) is 14.7 Å². The van der Waals surface area contributed by atoms with Gasteiger partial charge in [-0.05, 0) is 98.7 Å². The molecule has 0 aliphatic carbocycles. The van der Waals surface area contributed by atoms with Crippen molar-refractivity contribution < 1.29 is 4.74 Å². The molecular weight excluding hydrogens is 745 g/mol. The Hall–Kier alpha value is -8.28. The van der Waals surface area contributed by atoms with E-state index in [-0.39, 0.29) is 0 Å². The summed E-state index contributed by atoms with van der Waals surface area (Å²) in [5.74, 6) is 2.21. The van der Waals surface area contributed by atoms with Gasteiger partial charge >= 0.3 is 0 Å². The molecule has 10 aromatic carbocycles. The zero-order valence-electron chi connectivity index (χ0n) is 32.7. The Morgan fingerprint density at radius 1 is 0.377 bits per heavy atom. The lowest BCUT2D eigenvalue weighted by molar-refractivity contribution is 0.486. The molecule has 0 spiro atoms. The van der Waals surface area contributed by atoms with E-state index in [0.717, 1.165) is 72.3 Å². The molecule has 14 rings (SSSR count). The minimum absolute atomic E-state index is 0.633. The highest BCUT2D eigenvalue weighted by atomic mass is 16.5.